The van der Waals surface area contributed by atoms with Crippen molar-refractivity contribution in [1.82, 2.24) is 0 Å². The standard InChI is InChI=1S/C9H7ClO2.C7H5ClO2/c1-6(11)9(12)7-3-2-4-8(10)5-7;8-6-3-1-2-5(4-6)7(9)10/h2-5H,1H3;1-4H,(H,9,10). The van der Waals surface area contributed by atoms with Gasteiger partial charge < -0.3 is 5.11 Å². The third-order valence-corrected chi connectivity index (χ3v) is 2.95. The molecule has 0 aromatic heterocycles. The third kappa shape index (κ3) is 5.68. The summed E-state index contributed by atoms with van der Waals surface area (Å²) in [5.41, 5.74) is 0.558. The van der Waals surface area contributed by atoms with Gasteiger partial charge in [-0.25, -0.2) is 4.79 Å². The van der Waals surface area contributed by atoms with E-state index in [1.54, 1.807) is 30.3 Å². The number of halogens is 2. The van der Waals surface area contributed by atoms with Crippen LogP contribution in [0.15, 0.2) is 48.5 Å². The summed E-state index contributed by atoms with van der Waals surface area (Å²) in [7, 11) is 0. The molecule has 0 aliphatic heterocycles. The van der Waals surface area contributed by atoms with Crippen LogP contribution in [-0.4, -0.2) is 22.6 Å². The zero-order valence-electron chi connectivity index (χ0n) is 11.5. The summed E-state index contributed by atoms with van der Waals surface area (Å²) in [6, 6.07) is 12.5. The number of carbonyl (C=O) groups is 3. The van der Waals surface area contributed by atoms with Crippen molar-refractivity contribution in [2.24, 2.45) is 0 Å². The van der Waals surface area contributed by atoms with Crippen LogP contribution >= 0.6 is 23.2 Å². The highest BCUT2D eigenvalue weighted by Crippen LogP contribution is 2.11. The molecule has 114 valence electrons. The molecule has 6 heteroatoms. The maximum Gasteiger partial charge on any atom is 0.335 e. The lowest BCUT2D eigenvalue weighted by atomic mass is 10.1. The Kier molecular flexibility index (Phi) is 6.76. The van der Waals surface area contributed by atoms with Crippen molar-refractivity contribution >= 4 is 40.7 Å². The minimum Gasteiger partial charge on any atom is -0.478 e. The number of aromatic carboxylic acids is 1. The van der Waals surface area contributed by atoms with Crippen LogP contribution in [0.3, 0.4) is 0 Å². The number of carboxylic acid groups (broad SMARTS) is 1. The molecule has 0 heterocycles. The molecule has 0 fully saturated rings. The van der Waals surface area contributed by atoms with Gasteiger partial charge in [-0.05, 0) is 30.3 Å². The van der Waals surface area contributed by atoms with Crippen LogP contribution in [-0.2, 0) is 4.79 Å². The van der Waals surface area contributed by atoms with E-state index in [9.17, 15) is 14.4 Å². The molecular weight excluding hydrogens is 327 g/mol. The maximum atomic E-state index is 11.1. The van der Waals surface area contributed by atoms with E-state index in [0.717, 1.165) is 0 Å². The summed E-state index contributed by atoms with van der Waals surface area (Å²) in [6.45, 7) is 1.24. The van der Waals surface area contributed by atoms with Gasteiger partial charge in [0.25, 0.3) is 0 Å². The second-order valence-corrected chi connectivity index (χ2v) is 5.08. The molecule has 0 saturated carbocycles. The van der Waals surface area contributed by atoms with Crippen LogP contribution in [0.5, 0.6) is 0 Å². The number of rotatable bonds is 3. The van der Waals surface area contributed by atoms with Crippen LogP contribution in [0.1, 0.15) is 27.6 Å². The first kappa shape index (κ1) is 17.9. The molecule has 0 unspecified atom stereocenters. The zero-order valence-corrected chi connectivity index (χ0v) is 13.1. The SMILES string of the molecule is CC(=O)C(=O)c1cccc(Cl)c1.O=C(O)c1cccc(Cl)c1. The van der Waals surface area contributed by atoms with Crippen LogP contribution < -0.4 is 0 Å². The molecule has 2 aromatic rings. The summed E-state index contributed by atoms with van der Waals surface area (Å²) >= 11 is 11.2. The van der Waals surface area contributed by atoms with Gasteiger partial charge in [0, 0.05) is 22.5 Å². The molecule has 2 rings (SSSR count). The fourth-order valence-corrected chi connectivity index (χ4v) is 1.84. The summed E-state index contributed by atoms with van der Waals surface area (Å²) in [6.07, 6.45) is 0. The molecule has 0 atom stereocenters. The van der Waals surface area contributed by atoms with Gasteiger partial charge in [-0.2, -0.15) is 0 Å². The number of hydrogen-bond acceptors (Lipinski definition) is 3. The van der Waals surface area contributed by atoms with E-state index in [-0.39, 0.29) is 5.56 Å². The fourth-order valence-electron chi connectivity index (χ4n) is 1.45. The number of Topliss-reactive ketones (excluding diaryl/α,β-unsaturated/α-hetero) is 2. The van der Waals surface area contributed by atoms with Crippen LogP contribution in [0, 0.1) is 0 Å². The zero-order chi connectivity index (χ0) is 16.7. The topological polar surface area (TPSA) is 71.4 Å². The molecule has 4 nitrogen and oxygen atoms in total. The minimum atomic E-state index is -0.956. The first-order valence-corrected chi connectivity index (χ1v) is 6.86. The monoisotopic (exact) mass is 338 g/mol. The Balaban J connectivity index is 0.000000224. The van der Waals surface area contributed by atoms with Crippen molar-refractivity contribution in [3.05, 3.63) is 69.7 Å². The van der Waals surface area contributed by atoms with Crippen molar-refractivity contribution < 1.29 is 19.5 Å². The van der Waals surface area contributed by atoms with Crippen molar-refractivity contribution in [2.45, 2.75) is 6.92 Å². The van der Waals surface area contributed by atoms with Gasteiger partial charge in [0.15, 0.2) is 5.78 Å². The van der Waals surface area contributed by atoms with E-state index in [0.29, 0.717) is 15.6 Å². The van der Waals surface area contributed by atoms with Crippen molar-refractivity contribution in [3.8, 4) is 0 Å². The number of benzene rings is 2. The molecule has 0 spiro atoms. The first-order valence-electron chi connectivity index (χ1n) is 6.11. The average Bonchev–Trinajstić information content (AvgIpc) is 2.47. The van der Waals surface area contributed by atoms with Crippen LogP contribution in [0.25, 0.3) is 0 Å². The molecule has 0 saturated heterocycles. The van der Waals surface area contributed by atoms with E-state index >= 15 is 0 Å². The van der Waals surface area contributed by atoms with Gasteiger partial charge >= 0.3 is 5.97 Å². The Morgan fingerprint density at radius 3 is 1.68 bits per heavy atom. The molecule has 0 aliphatic rings. The first-order chi connectivity index (χ1) is 10.3. The average molecular weight is 339 g/mol. The Morgan fingerprint density at radius 1 is 0.864 bits per heavy atom. The quantitative estimate of drug-likeness (QED) is 0.674. The summed E-state index contributed by atoms with van der Waals surface area (Å²) < 4.78 is 0. The molecule has 22 heavy (non-hydrogen) atoms. The molecule has 0 bridgehead atoms. The van der Waals surface area contributed by atoms with Crippen LogP contribution in [0.4, 0.5) is 0 Å². The van der Waals surface area contributed by atoms with Gasteiger partial charge in [-0.15, -0.1) is 0 Å². The fraction of sp³-hybridized carbons (Fsp3) is 0.0625. The van der Waals surface area contributed by atoms with E-state index in [1.807, 2.05) is 0 Å². The second-order valence-electron chi connectivity index (χ2n) is 4.21. The van der Waals surface area contributed by atoms with E-state index in [4.69, 9.17) is 28.3 Å². The van der Waals surface area contributed by atoms with Gasteiger partial charge in [0.1, 0.15) is 0 Å². The Morgan fingerprint density at radius 2 is 1.32 bits per heavy atom. The number of carbonyl (C=O) groups excluding carboxylic acids is 2. The normalized spacial score (nSPS) is 9.41. The smallest absolute Gasteiger partial charge is 0.335 e. The van der Waals surface area contributed by atoms with Crippen molar-refractivity contribution in [2.75, 3.05) is 0 Å². The number of hydrogen-bond donors (Lipinski definition) is 1. The molecule has 1 N–H and O–H groups in total. The maximum absolute atomic E-state index is 11.1. The van der Waals surface area contributed by atoms with Crippen molar-refractivity contribution in [1.29, 1.82) is 0 Å². The van der Waals surface area contributed by atoms with Gasteiger partial charge in [-0.1, -0.05) is 41.4 Å². The van der Waals surface area contributed by atoms with Gasteiger partial charge in [-0.3, -0.25) is 9.59 Å². The summed E-state index contributed by atoms with van der Waals surface area (Å²) in [5.74, 6) is -1.93. The molecule has 0 amide bonds. The molecule has 2 aromatic carbocycles. The van der Waals surface area contributed by atoms with Gasteiger partial charge in [0.2, 0.25) is 5.78 Å². The minimum absolute atomic E-state index is 0.215. The van der Waals surface area contributed by atoms with E-state index < -0.39 is 17.5 Å². The highest BCUT2D eigenvalue weighted by molar-refractivity contribution is 6.43. The largest absolute Gasteiger partial charge is 0.478 e. The van der Waals surface area contributed by atoms with Crippen molar-refractivity contribution in [3.63, 3.8) is 0 Å². The predicted molar refractivity (Wildman–Crippen MR) is 84.9 cm³/mol. The summed E-state index contributed by atoms with van der Waals surface area (Å²) in [5, 5.41) is 9.36. The molecular formula is C16H12Cl2O4. The number of ketones is 2. The van der Waals surface area contributed by atoms with E-state index in [2.05, 4.69) is 0 Å². The second kappa shape index (κ2) is 8.32. The lowest BCUT2D eigenvalue weighted by molar-refractivity contribution is -0.113. The lowest BCUT2D eigenvalue weighted by Gasteiger charge is -1.95. The predicted octanol–water partition coefficient (Wildman–Crippen LogP) is 4.15. The highest BCUT2D eigenvalue weighted by atomic mass is 35.5. The Hall–Kier alpha value is -2.17. The van der Waals surface area contributed by atoms with Crippen LogP contribution in [0.2, 0.25) is 10.0 Å². The number of carboxylic acids is 1. The third-order valence-electron chi connectivity index (χ3n) is 2.48. The summed E-state index contributed by atoms with van der Waals surface area (Å²) in [4.78, 5) is 32.0. The molecule has 0 aliphatic carbocycles. The van der Waals surface area contributed by atoms with Gasteiger partial charge in [0.05, 0.1) is 5.56 Å². The Labute approximate surface area is 137 Å². The molecule has 0 radical (unpaired) electrons. The van der Waals surface area contributed by atoms with E-state index in [1.165, 1.54) is 25.1 Å². The highest BCUT2D eigenvalue weighted by Gasteiger charge is 2.10. The Bertz CT molecular complexity index is 711. The lowest BCUT2D eigenvalue weighted by Crippen LogP contribution is -2.09.